The Bertz CT molecular complexity index is 450. The Hall–Kier alpha value is -1.26. The number of hydrogen-bond donors (Lipinski definition) is 0. The van der Waals surface area contributed by atoms with Crippen molar-refractivity contribution < 1.29 is 9.18 Å². The molecule has 0 N–H and O–H groups in total. The van der Waals surface area contributed by atoms with Crippen LogP contribution in [0, 0.1) is 5.82 Å². The molecule has 104 valence electrons. The van der Waals surface area contributed by atoms with Gasteiger partial charge in [-0.2, -0.15) is 0 Å². The van der Waals surface area contributed by atoms with Gasteiger partial charge in [0.1, 0.15) is 5.82 Å². The molecule has 0 spiro atoms. The predicted octanol–water partition coefficient (Wildman–Crippen LogP) is 2.03. The minimum atomic E-state index is -0.417. The van der Waals surface area contributed by atoms with E-state index in [9.17, 15) is 9.18 Å². The molecule has 2 rings (SSSR count). The van der Waals surface area contributed by atoms with Gasteiger partial charge in [0.2, 0.25) is 0 Å². The second kappa shape index (κ2) is 6.26. The van der Waals surface area contributed by atoms with Crippen LogP contribution in [0.2, 0.25) is 0 Å². The minimum absolute atomic E-state index is 0.107. The number of ketones is 1. The first-order chi connectivity index (χ1) is 9.08. The summed E-state index contributed by atoms with van der Waals surface area (Å²) in [7, 11) is 2.12. The second-order valence-corrected chi connectivity index (χ2v) is 5.28. The van der Waals surface area contributed by atoms with Crippen molar-refractivity contribution in [3.63, 3.8) is 0 Å². The first kappa shape index (κ1) is 14.2. The van der Waals surface area contributed by atoms with Gasteiger partial charge in [-0.25, -0.2) is 4.39 Å². The normalized spacial score (nSPS) is 21.5. The van der Waals surface area contributed by atoms with Crippen LogP contribution < -0.4 is 0 Å². The number of piperazine rings is 1. The third-order valence-corrected chi connectivity index (χ3v) is 3.87. The maximum absolute atomic E-state index is 13.5. The van der Waals surface area contributed by atoms with E-state index in [1.807, 2.05) is 0 Å². The highest BCUT2D eigenvalue weighted by Gasteiger charge is 2.21. The molecule has 0 saturated carbocycles. The molecule has 4 heteroatoms. The van der Waals surface area contributed by atoms with Crippen molar-refractivity contribution in [2.24, 2.45) is 0 Å². The van der Waals surface area contributed by atoms with Crippen LogP contribution in [0.3, 0.4) is 0 Å². The zero-order valence-corrected chi connectivity index (χ0v) is 11.6. The van der Waals surface area contributed by atoms with Crippen molar-refractivity contribution in [2.45, 2.75) is 19.4 Å². The average Bonchev–Trinajstić information content (AvgIpc) is 2.40. The van der Waals surface area contributed by atoms with Gasteiger partial charge in [-0.3, -0.25) is 4.79 Å². The SMILES string of the molecule is CC1CN(CCC(=O)c2ccccc2F)CCN1C. The molecule has 1 aliphatic heterocycles. The first-order valence-electron chi connectivity index (χ1n) is 6.78. The summed E-state index contributed by atoms with van der Waals surface area (Å²) in [6, 6.07) is 6.72. The molecule has 1 atom stereocenters. The summed E-state index contributed by atoms with van der Waals surface area (Å²) in [5.41, 5.74) is 0.213. The summed E-state index contributed by atoms with van der Waals surface area (Å²) in [4.78, 5) is 16.6. The van der Waals surface area contributed by atoms with E-state index in [4.69, 9.17) is 0 Å². The largest absolute Gasteiger partial charge is 0.301 e. The lowest BCUT2D eigenvalue weighted by Gasteiger charge is -2.37. The topological polar surface area (TPSA) is 23.6 Å². The number of carbonyl (C=O) groups is 1. The number of carbonyl (C=O) groups excluding carboxylic acids is 1. The number of Topliss-reactive ketones (excluding diaryl/α,β-unsaturated/α-hetero) is 1. The van der Waals surface area contributed by atoms with Gasteiger partial charge < -0.3 is 9.80 Å². The molecule has 3 nitrogen and oxygen atoms in total. The van der Waals surface area contributed by atoms with E-state index in [0.717, 1.165) is 19.6 Å². The van der Waals surface area contributed by atoms with E-state index in [-0.39, 0.29) is 11.3 Å². The van der Waals surface area contributed by atoms with E-state index in [0.29, 0.717) is 19.0 Å². The zero-order valence-electron chi connectivity index (χ0n) is 11.6. The highest BCUT2D eigenvalue weighted by atomic mass is 19.1. The molecule has 0 bridgehead atoms. The smallest absolute Gasteiger partial charge is 0.167 e. The monoisotopic (exact) mass is 264 g/mol. The van der Waals surface area contributed by atoms with E-state index >= 15 is 0 Å². The number of likely N-dealkylation sites (N-methyl/N-ethyl adjacent to an activating group) is 1. The van der Waals surface area contributed by atoms with Crippen LogP contribution in [0.4, 0.5) is 4.39 Å². The van der Waals surface area contributed by atoms with Gasteiger partial charge in [-0.05, 0) is 26.1 Å². The molecule has 1 fully saturated rings. The number of hydrogen-bond acceptors (Lipinski definition) is 3. The van der Waals surface area contributed by atoms with Crippen LogP contribution in [-0.4, -0.2) is 54.9 Å². The molecule has 0 aromatic heterocycles. The number of benzene rings is 1. The maximum Gasteiger partial charge on any atom is 0.167 e. The minimum Gasteiger partial charge on any atom is -0.301 e. The lowest BCUT2D eigenvalue weighted by atomic mass is 10.1. The standard InChI is InChI=1S/C15H21FN2O/c1-12-11-18(10-9-17(12)2)8-7-15(19)13-5-3-4-6-14(13)16/h3-6,12H,7-11H2,1-2H3. The van der Waals surface area contributed by atoms with Crippen molar-refractivity contribution in [1.29, 1.82) is 0 Å². The predicted molar refractivity (Wildman–Crippen MR) is 73.9 cm³/mol. The molecule has 0 amide bonds. The van der Waals surface area contributed by atoms with E-state index in [1.54, 1.807) is 18.2 Å². The van der Waals surface area contributed by atoms with Crippen LogP contribution >= 0.6 is 0 Å². The molecule has 0 aliphatic carbocycles. The third kappa shape index (κ3) is 3.61. The molecule has 1 heterocycles. The number of nitrogens with zero attached hydrogens (tertiary/aromatic N) is 2. The van der Waals surface area contributed by atoms with E-state index < -0.39 is 5.82 Å². The van der Waals surface area contributed by atoms with Crippen LogP contribution in [0.1, 0.15) is 23.7 Å². The molecular weight excluding hydrogens is 243 g/mol. The number of rotatable bonds is 4. The molecule has 1 unspecified atom stereocenters. The summed E-state index contributed by atoms with van der Waals surface area (Å²) in [6.45, 7) is 5.87. The summed E-state index contributed by atoms with van der Waals surface area (Å²) in [5, 5.41) is 0. The van der Waals surface area contributed by atoms with Gasteiger partial charge in [0.05, 0.1) is 5.56 Å². The van der Waals surface area contributed by atoms with Crippen molar-refractivity contribution >= 4 is 5.78 Å². The van der Waals surface area contributed by atoms with Crippen LogP contribution in [0.25, 0.3) is 0 Å². The Morgan fingerprint density at radius 3 is 2.79 bits per heavy atom. The van der Waals surface area contributed by atoms with Crippen LogP contribution in [0.15, 0.2) is 24.3 Å². The van der Waals surface area contributed by atoms with Crippen LogP contribution in [0.5, 0.6) is 0 Å². The van der Waals surface area contributed by atoms with Gasteiger partial charge in [-0.15, -0.1) is 0 Å². The molecule has 1 aromatic rings. The molecular formula is C15H21FN2O. The summed E-state index contributed by atoms with van der Waals surface area (Å²) in [5.74, 6) is -0.524. The molecule has 1 aliphatic rings. The fourth-order valence-electron chi connectivity index (χ4n) is 2.41. The zero-order chi connectivity index (χ0) is 13.8. The van der Waals surface area contributed by atoms with Gasteiger partial charge in [0.25, 0.3) is 0 Å². The molecule has 19 heavy (non-hydrogen) atoms. The van der Waals surface area contributed by atoms with Gasteiger partial charge in [0, 0.05) is 38.6 Å². The van der Waals surface area contributed by atoms with Crippen molar-refractivity contribution in [3.05, 3.63) is 35.6 Å². The van der Waals surface area contributed by atoms with Crippen molar-refractivity contribution in [3.8, 4) is 0 Å². The molecule has 1 aromatic carbocycles. The summed E-state index contributed by atoms with van der Waals surface area (Å²) in [6.07, 6.45) is 0.386. The number of halogens is 1. The fraction of sp³-hybridized carbons (Fsp3) is 0.533. The van der Waals surface area contributed by atoms with Gasteiger partial charge in [-0.1, -0.05) is 12.1 Å². The summed E-state index contributed by atoms with van der Waals surface area (Å²) < 4.78 is 13.5. The first-order valence-corrected chi connectivity index (χ1v) is 6.78. The van der Waals surface area contributed by atoms with Gasteiger partial charge >= 0.3 is 0 Å². The quantitative estimate of drug-likeness (QED) is 0.778. The van der Waals surface area contributed by atoms with Crippen LogP contribution in [-0.2, 0) is 0 Å². The Labute approximate surface area is 114 Å². The summed E-state index contributed by atoms with van der Waals surface area (Å²) >= 11 is 0. The maximum atomic E-state index is 13.5. The Morgan fingerprint density at radius 2 is 2.11 bits per heavy atom. The Balaban J connectivity index is 1.86. The average molecular weight is 264 g/mol. The third-order valence-electron chi connectivity index (χ3n) is 3.87. The van der Waals surface area contributed by atoms with Crippen molar-refractivity contribution in [1.82, 2.24) is 9.80 Å². The van der Waals surface area contributed by atoms with E-state index in [1.165, 1.54) is 6.07 Å². The lowest BCUT2D eigenvalue weighted by molar-refractivity contribution is 0.0870. The Morgan fingerprint density at radius 1 is 1.37 bits per heavy atom. The lowest BCUT2D eigenvalue weighted by Crippen LogP contribution is -2.50. The highest BCUT2D eigenvalue weighted by Crippen LogP contribution is 2.11. The Kier molecular flexibility index (Phi) is 4.66. The van der Waals surface area contributed by atoms with E-state index in [2.05, 4.69) is 23.8 Å². The second-order valence-electron chi connectivity index (χ2n) is 5.28. The molecule has 1 saturated heterocycles. The van der Waals surface area contributed by atoms with Crippen molar-refractivity contribution in [2.75, 3.05) is 33.2 Å². The highest BCUT2D eigenvalue weighted by molar-refractivity contribution is 5.96. The van der Waals surface area contributed by atoms with Gasteiger partial charge in [0.15, 0.2) is 5.78 Å². The fourth-order valence-corrected chi connectivity index (χ4v) is 2.41. The molecule has 0 radical (unpaired) electrons.